The molecule has 5 nitrogen and oxygen atoms in total. The Morgan fingerprint density at radius 3 is 2.48 bits per heavy atom. The van der Waals surface area contributed by atoms with Crippen molar-refractivity contribution in [3.8, 4) is 5.75 Å². The number of nitrogens with zero attached hydrogens (tertiary/aromatic N) is 2. The summed E-state index contributed by atoms with van der Waals surface area (Å²) < 4.78 is 33.9. The zero-order valence-corrected chi connectivity index (χ0v) is 21.8. The number of rotatable bonds is 8. The van der Waals surface area contributed by atoms with E-state index in [4.69, 9.17) is 27.9 Å². The standard InChI is InChI=1S/C25H32Cl2N2O3S/c1-17-12-24(18(2)11-22(17)26)33(30,31)28(3)15-19-13-21(14-19)32-23-8-6-7-20(25(23)27)16-29-9-4-5-10-29/h6-8,11-12,19,21H,4-5,9-10,13-16H2,1-3H3. The Morgan fingerprint density at radius 2 is 1.79 bits per heavy atom. The van der Waals surface area contributed by atoms with Crippen molar-refractivity contribution >= 4 is 33.2 Å². The van der Waals surface area contributed by atoms with Gasteiger partial charge in [-0.1, -0.05) is 35.3 Å². The lowest BCUT2D eigenvalue weighted by atomic mass is 9.82. The molecular weight excluding hydrogens is 479 g/mol. The Labute approximate surface area is 207 Å². The van der Waals surface area contributed by atoms with E-state index in [2.05, 4.69) is 11.0 Å². The van der Waals surface area contributed by atoms with Crippen molar-refractivity contribution < 1.29 is 13.2 Å². The summed E-state index contributed by atoms with van der Waals surface area (Å²) in [5.74, 6) is 0.986. The van der Waals surface area contributed by atoms with Gasteiger partial charge in [-0.05, 0) is 93.4 Å². The Bertz CT molecular complexity index is 1110. The first-order valence-electron chi connectivity index (χ1n) is 11.5. The van der Waals surface area contributed by atoms with E-state index in [0.717, 1.165) is 49.4 Å². The summed E-state index contributed by atoms with van der Waals surface area (Å²) in [6, 6.07) is 9.36. The maximum Gasteiger partial charge on any atom is 0.243 e. The van der Waals surface area contributed by atoms with Crippen LogP contribution in [-0.4, -0.2) is 50.4 Å². The zero-order valence-electron chi connectivity index (χ0n) is 19.5. The second kappa shape index (κ2) is 10.1. The predicted molar refractivity (Wildman–Crippen MR) is 134 cm³/mol. The van der Waals surface area contributed by atoms with Crippen LogP contribution in [0.4, 0.5) is 0 Å². The van der Waals surface area contributed by atoms with Gasteiger partial charge in [0.2, 0.25) is 10.0 Å². The van der Waals surface area contributed by atoms with E-state index >= 15 is 0 Å². The van der Waals surface area contributed by atoms with Crippen LogP contribution in [0.1, 0.15) is 42.4 Å². The molecule has 180 valence electrons. The number of ether oxygens (including phenoxy) is 1. The maximum absolute atomic E-state index is 13.1. The van der Waals surface area contributed by atoms with Crippen molar-refractivity contribution in [3.05, 3.63) is 57.1 Å². The van der Waals surface area contributed by atoms with Gasteiger partial charge < -0.3 is 4.74 Å². The molecule has 33 heavy (non-hydrogen) atoms. The number of likely N-dealkylation sites (tertiary alicyclic amines) is 1. The molecule has 2 aromatic carbocycles. The first-order valence-corrected chi connectivity index (χ1v) is 13.7. The van der Waals surface area contributed by atoms with Crippen LogP contribution >= 0.6 is 23.2 Å². The van der Waals surface area contributed by atoms with Crippen LogP contribution in [0.15, 0.2) is 35.2 Å². The zero-order chi connectivity index (χ0) is 23.8. The van der Waals surface area contributed by atoms with Gasteiger partial charge >= 0.3 is 0 Å². The van der Waals surface area contributed by atoms with Gasteiger partial charge in [-0.25, -0.2) is 12.7 Å². The molecule has 1 aliphatic carbocycles. The fraction of sp³-hybridized carbons (Fsp3) is 0.520. The lowest BCUT2D eigenvalue weighted by Crippen LogP contribution is -2.42. The van der Waals surface area contributed by atoms with Crippen LogP contribution in [0.3, 0.4) is 0 Å². The minimum atomic E-state index is -3.57. The molecule has 0 aromatic heterocycles. The van der Waals surface area contributed by atoms with Gasteiger partial charge in [0, 0.05) is 25.2 Å². The second-order valence-corrected chi connectivity index (χ2v) is 12.2. The van der Waals surface area contributed by atoms with Gasteiger partial charge in [0.25, 0.3) is 0 Å². The summed E-state index contributed by atoms with van der Waals surface area (Å²) in [5, 5.41) is 1.28. The third-order valence-electron chi connectivity index (χ3n) is 6.78. The second-order valence-electron chi connectivity index (χ2n) is 9.44. The van der Waals surface area contributed by atoms with Gasteiger partial charge in [-0.3, -0.25) is 4.90 Å². The summed E-state index contributed by atoms with van der Waals surface area (Å²) in [4.78, 5) is 2.74. The van der Waals surface area contributed by atoms with Crippen molar-refractivity contribution in [2.75, 3.05) is 26.7 Å². The smallest absolute Gasteiger partial charge is 0.243 e. The molecule has 2 aliphatic rings. The molecule has 0 unspecified atom stereocenters. The number of hydrogen-bond donors (Lipinski definition) is 0. The molecule has 2 fully saturated rings. The third kappa shape index (κ3) is 5.51. The first-order chi connectivity index (χ1) is 15.6. The highest BCUT2D eigenvalue weighted by atomic mass is 35.5. The fourth-order valence-electron chi connectivity index (χ4n) is 4.71. The van der Waals surface area contributed by atoms with E-state index in [0.29, 0.717) is 27.0 Å². The topological polar surface area (TPSA) is 49.9 Å². The molecule has 1 saturated heterocycles. The minimum Gasteiger partial charge on any atom is -0.489 e. The monoisotopic (exact) mass is 510 g/mol. The number of aryl methyl sites for hydroxylation is 2. The first kappa shape index (κ1) is 24.8. The van der Waals surface area contributed by atoms with Gasteiger partial charge in [-0.15, -0.1) is 0 Å². The van der Waals surface area contributed by atoms with Crippen LogP contribution in [0.2, 0.25) is 10.0 Å². The molecule has 1 aliphatic heterocycles. The number of benzene rings is 2. The molecule has 0 bridgehead atoms. The normalized spacial score (nSPS) is 21.4. The van der Waals surface area contributed by atoms with Crippen molar-refractivity contribution in [2.45, 2.75) is 57.1 Å². The van der Waals surface area contributed by atoms with Crippen LogP contribution in [0, 0.1) is 19.8 Å². The summed E-state index contributed by atoms with van der Waals surface area (Å²) in [6.45, 7) is 7.16. The Kier molecular flexibility index (Phi) is 7.61. The van der Waals surface area contributed by atoms with E-state index in [9.17, 15) is 8.42 Å². The van der Waals surface area contributed by atoms with Gasteiger partial charge in [0.05, 0.1) is 16.0 Å². The quantitative estimate of drug-likeness (QED) is 0.457. The minimum absolute atomic E-state index is 0.0603. The summed E-state index contributed by atoms with van der Waals surface area (Å²) in [7, 11) is -1.93. The van der Waals surface area contributed by atoms with Crippen molar-refractivity contribution in [1.82, 2.24) is 9.21 Å². The highest BCUT2D eigenvalue weighted by Gasteiger charge is 2.35. The molecule has 4 rings (SSSR count). The van der Waals surface area contributed by atoms with Gasteiger partial charge in [0.15, 0.2) is 0 Å². The maximum atomic E-state index is 13.1. The predicted octanol–water partition coefficient (Wildman–Crippen LogP) is 5.68. The number of sulfonamides is 1. The molecule has 0 spiro atoms. The lowest BCUT2D eigenvalue weighted by molar-refractivity contribution is 0.0575. The van der Waals surface area contributed by atoms with Gasteiger partial charge in [0.1, 0.15) is 5.75 Å². The molecule has 8 heteroatoms. The van der Waals surface area contributed by atoms with E-state index in [-0.39, 0.29) is 12.0 Å². The average Bonchev–Trinajstić information content (AvgIpc) is 3.24. The largest absolute Gasteiger partial charge is 0.489 e. The van der Waals surface area contributed by atoms with Gasteiger partial charge in [-0.2, -0.15) is 0 Å². The average molecular weight is 512 g/mol. The summed E-state index contributed by atoms with van der Waals surface area (Å²) in [6.07, 6.45) is 4.18. The SMILES string of the molecule is Cc1cc(S(=O)(=O)N(C)CC2CC(Oc3cccc(CN4CCCC4)c3Cl)C2)c(C)cc1Cl. The van der Waals surface area contributed by atoms with E-state index < -0.39 is 10.0 Å². The van der Waals surface area contributed by atoms with Crippen LogP contribution in [0.5, 0.6) is 5.75 Å². The van der Waals surface area contributed by atoms with E-state index in [1.54, 1.807) is 26.1 Å². The highest BCUT2D eigenvalue weighted by Crippen LogP contribution is 2.37. The van der Waals surface area contributed by atoms with Crippen molar-refractivity contribution in [1.29, 1.82) is 0 Å². The Balaban J connectivity index is 1.33. The summed E-state index contributed by atoms with van der Waals surface area (Å²) in [5.41, 5.74) is 2.53. The molecule has 0 amide bonds. The number of halogens is 2. The molecule has 1 saturated carbocycles. The number of hydrogen-bond acceptors (Lipinski definition) is 4. The molecule has 0 atom stereocenters. The van der Waals surface area contributed by atoms with Crippen molar-refractivity contribution in [2.24, 2.45) is 5.92 Å². The van der Waals surface area contributed by atoms with Crippen LogP contribution in [0.25, 0.3) is 0 Å². The molecule has 0 N–H and O–H groups in total. The molecular formula is C25H32Cl2N2O3S. The lowest BCUT2D eigenvalue weighted by Gasteiger charge is -2.37. The van der Waals surface area contributed by atoms with Crippen LogP contribution < -0.4 is 4.74 Å². The van der Waals surface area contributed by atoms with E-state index in [1.807, 2.05) is 19.1 Å². The molecule has 1 heterocycles. The third-order valence-corrected chi connectivity index (χ3v) is 9.58. The Hall–Kier alpha value is -1.31. The molecule has 2 aromatic rings. The highest BCUT2D eigenvalue weighted by molar-refractivity contribution is 7.89. The van der Waals surface area contributed by atoms with Crippen molar-refractivity contribution in [3.63, 3.8) is 0 Å². The molecule has 0 radical (unpaired) electrons. The Morgan fingerprint density at radius 1 is 1.09 bits per heavy atom. The summed E-state index contributed by atoms with van der Waals surface area (Å²) >= 11 is 12.8. The van der Waals surface area contributed by atoms with E-state index in [1.165, 1.54) is 17.1 Å². The van der Waals surface area contributed by atoms with Crippen LogP contribution in [-0.2, 0) is 16.6 Å². The fourth-order valence-corrected chi connectivity index (χ4v) is 6.70.